The van der Waals surface area contributed by atoms with Crippen LogP contribution in [0.3, 0.4) is 0 Å². The predicted molar refractivity (Wildman–Crippen MR) is 71.2 cm³/mol. The van der Waals surface area contributed by atoms with E-state index in [1.165, 1.54) is 10.1 Å². The number of nitrogens with zero attached hydrogens (tertiary/aromatic N) is 1. The van der Waals surface area contributed by atoms with Crippen LogP contribution in [0.15, 0.2) is 52.8 Å². The lowest BCUT2D eigenvalue weighted by Crippen LogP contribution is -1.56. The largest absolute Gasteiger partial charge is 0.253 e. The van der Waals surface area contributed by atoms with Crippen molar-refractivity contribution in [2.45, 2.75) is 0 Å². The first-order valence-corrected chi connectivity index (χ1v) is 6.03. The van der Waals surface area contributed by atoms with Gasteiger partial charge in [0.25, 0.3) is 0 Å². The van der Waals surface area contributed by atoms with Gasteiger partial charge >= 0.3 is 0 Å². The molecule has 2 aromatic heterocycles. The molecule has 0 amide bonds. The Hall–Kier alpha value is -0.900. The second kappa shape index (κ2) is 6.56. The van der Waals surface area contributed by atoms with Gasteiger partial charge in [0.2, 0.25) is 0 Å². The van der Waals surface area contributed by atoms with Gasteiger partial charge in [0, 0.05) is 16.3 Å². The highest BCUT2D eigenvalue weighted by molar-refractivity contribution is 7.17. The van der Waals surface area contributed by atoms with Crippen LogP contribution in [-0.2, 0) is 0 Å². The molecular weight excluding hydrogens is 246 g/mol. The monoisotopic (exact) mass is 255 g/mol. The molecule has 1 aromatic carbocycles. The summed E-state index contributed by atoms with van der Waals surface area (Å²) in [5, 5.41) is 5.40. The fourth-order valence-electron chi connectivity index (χ4n) is 1.08. The van der Waals surface area contributed by atoms with Crippen molar-refractivity contribution < 1.29 is 0 Å². The Bertz CT molecular complexity index is 429. The van der Waals surface area contributed by atoms with Crippen molar-refractivity contribution in [1.29, 1.82) is 0 Å². The van der Waals surface area contributed by atoms with Gasteiger partial charge in [0.1, 0.15) is 0 Å². The van der Waals surface area contributed by atoms with E-state index in [1.807, 2.05) is 5.38 Å². The van der Waals surface area contributed by atoms with Crippen molar-refractivity contribution >= 4 is 45.2 Å². The van der Waals surface area contributed by atoms with E-state index in [0.717, 1.165) is 0 Å². The molecule has 0 saturated heterocycles. The predicted octanol–water partition coefficient (Wildman–Crippen LogP) is 4.47. The molecule has 15 heavy (non-hydrogen) atoms. The fourth-order valence-corrected chi connectivity index (χ4v) is 2.22. The van der Waals surface area contributed by atoms with Gasteiger partial charge < -0.3 is 0 Å². The van der Waals surface area contributed by atoms with Gasteiger partial charge in [-0.3, -0.25) is 4.98 Å². The molecule has 1 nitrogen and oxygen atoms in total. The zero-order valence-corrected chi connectivity index (χ0v) is 10.3. The van der Waals surface area contributed by atoms with Gasteiger partial charge in [-0.15, -0.1) is 35.1 Å². The minimum absolute atomic E-state index is 0. The zero-order valence-electron chi connectivity index (χ0n) is 7.87. The topological polar surface area (TPSA) is 12.9 Å². The van der Waals surface area contributed by atoms with Crippen molar-refractivity contribution in [2.75, 3.05) is 0 Å². The molecule has 0 fully saturated rings. The first-order valence-electron chi connectivity index (χ1n) is 4.21. The molecule has 0 N–H and O–H groups in total. The van der Waals surface area contributed by atoms with E-state index < -0.39 is 0 Å². The lowest BCUT2D eigenvalue weighted by atomic mass is 10.3. The number of aromatic nitrogens is 1. The summed E-state index contributed by atoms with van der Waals surface area (Å²) in [6.45, 7) is 0. The van der Waals surface area contributed by atoms with Crippen LogP contribution in [-0.4, -0.2) is 4.98 Å². The summed E-state index contributed by atoms with van der Waals surface area (Å²) in [6, 6.07) is 10.5. The summed E-state index contributed by atoms with van der Waals surface area (Å²) < 4.78 is 1.37. The Kier molecular flexibility index (Phi) is 5.32. The van der Waals surface area contributed by atoms with Gasteiger partial charge in [-0.05, 0) is 22.9 Å². The summed E-state index contributed by atoms with van der Waals surface area (Å²) in [5.74, 6) is 0. The molecule has 0 atom stereocenters. The first kappa shape index (κ1) is 12.2. The number of thiophene rings is 1. The van der Waals surface area contributed by atoms with E-state index in [9.17, 15) is 0 Å². The molecule has 3 rings (SSSR count). The Morgan fingerprint density at radius 3 is 2.47 bits per heavy atom. The fraction of sp³-hybridized carbons (Fsp3) is 0. The van der Waals surface area contributed by atoms with E-state index in [2.05, 4.69) is 40.7 Å². The van der Waals surface area contributed by atoms with E-state index in [0.29, 0.717) is 0 Å². The van der Waals surface area contributed by atoms with Crippen LogP contribution in [0.5, 0.6) is 0 Å². The molecule has 0 aliphatic carbocycles. The molecule has 78 valence electrons. The molecule has 0 bridgehead atoms. The molecule has 0 unspecified atom stereocenters. The maximum absolute atomic E-state index is 3.74. The quantitative estimate of drug-likeness (QED) is 0.578. The van der Waals surface area contributed by atoms with Crippen LogP contribution in [0.4, 0.5) is 0 Å². The van der Waals surface area contributed by atoms with Gasteiger partial charge in [0.05, 0.1) is 5.51 Å². The second-order valence-corrected chi connectivity index (χ2v) is 4.34. The third-order valence-corrected chi connectivity index (χ3v) is 3.13. The summed E-state index contributed by atoms with van der Waals surface area (Å²) in [7, 11) is 0. The number of rotatable bonds is 0. The molecule has 3 aromatic rings. The highest BCUT2D eigenvalue weighted by atomic mass is 35.5. The van der Waals surface area contributed by atoms with Crippen molar-refractivity contribution in [1.82, 2.24) is 4.98 Å². The van der Waals surface area contributed by atoms with E-state index in [-0.39, 0.29) is 12.4 Å². The molecule has 2 heterocycles. The smallest absolute Gasteiger partial charge is 0.0791 e. The molecular formula is C11H10ClNS2. The van der Waals surface area contributed by atoms with Crippen molar-refractivity contribution in [3.8, 4) is 0 Å². The lowest BCUT2D eigenvalue weighted by molar-refractivity contribution is 1.43. The van der Waals surface area contributed by atoms with Gasteiger partial charge in [-0.1, -0.05) is 18.2 Å². The van der Waals surface area contributed by atoms with Crippen LogP contribution in [0.1, 0.15) is 0 Å². The zero-order chi connectivity index (χ0) is 9.64. The Morgan fingerprint density at radius 2 is 1.87 bits per heavy atom. The minimum Gasteiger partial charge on any atom is -0.253 e. The van der Waals surface area contributed by atoms with E-state index in [4.69, 9.17) is 0 Å². The number of hydrogen-bond donors (Lipinski definition) is 0. The first-order chi connectivity index (χ1) is 6.97. The third kappa shape index (κ3) is 3.63. The molecule has 0 aliphatic heterocycles. The number of halogens is 1. The highest BCUT2D eigenvalue weighted by Crippen LogP contribution is 2.18. The standard InChI is InChI=1S/C8H6S.C3H3NS.ClH/c1-2-4-8-7(3-1)5-6-9-8;1-2-5-3-4-1;/h1-6H;1-3H;1H. The van der Waals surface area contributed by atoms with Gasteiger partial charge in [0.15, 0.2) is 0 Å². The van der Waals surface area contributed by atoms with Gasteiger partial charge in [-0.25, -0.2) is 0 Å². The van der Waals surface area contributed by atoms with Crippen LogP contribution in [0.2, 0.25) is 0 Å². The molecule has 0 spiro atoms. The summed E-state index contributed by atoms with van der Waals surface area (Å²) in [5.41, 5.74) is 1.79. The number of thiazole rings is 1. The highest BCUT2D eigenvalue weighted by Gasteiger charge is 1.87. The molecule has 0 saturated carbocycles. The average molecular weight is 256 g/mol. The average Bonchev–Trinajstić information content (AvgIpc) is 2.92. The van der Waals surface area contributed by atoms with Gasteiger partial charge in [-0.2, -0.15) is 0 Å². The second-order valence-electron chi connectivity index (χ2n) is 2.63. The Labute approximate surface area is 103 Å². The van der Waals surface area contributed by atoms with Crippen molar-refractivity contribution in [3.63, 3.8) is 0 Å². The van der Waals surface area contributed by atoms with Crippen LogP contribution in [0, 0.1) is 0 Å². The third-order valence-electron chi connectivity index (χ3n) is 1.71. The summed E-state index contributed by atoms with van der Waals surface area (Å²) in [4.78, 5) is 3.74. The Morgan fingerprint density at radius 1 is 1.00 bits per heavy atom. The molecule has 0 radical (unpaired) electrons. The normalized spacial score (nSPS) is 8.80. The number of hydrogen-bond acceptors (Lipinski definition) is 3. The summed E-state index contributed by atoms with van der Waals surface area (Å²) in [6.07, 6.45) is 1.77. The van der Waals surface area contributed by atoms with E-state index in [1.54, 1.807) is 34.4 Å². The maximum Gasteiger partial charge on any atom is 0.0791 e. The van der Waals surface area contributed by atoms with E-state index >= 15 is 0 Å². The van der Waals surface area contributed by atoms with Crippen LogP contribution < -0.4 is 0 Å². The van der Waals surface area contributed by atoms with Crippen molar-refractivity contribution in [3.05, 3.63) is 52.8 Å². The van der Waals surface area contributed by atoms with Crippen LogP contribution >= 0.6 is 35.1 Å². The summed E-state index contributed by atoms with van der Waals surface area (Å²) >= 11 is 3.39. The minimum atomic E-state index is 0. The number of benzene rings is 1. The molecule has 4 heteroatoms. The van der Waals surface area contributed by atoms with Crippen LogP contribution in [0.25, 0.3) is 10.1 Å². The lowest BCUT2D eigenvalue weighted by Gasteiger charge is -1.82. The van der Waals surface area contributed by atoms with Crippen molar-refractivity contribution in [2.24, 2.45) is 0 Å². The molecule has 0 aliphatic rings. The maximum atomic E-state index is 3.74. The number of fused-ring (bicyclic) bond motifs is 1. The SMILES string of the molecule is Cl.c1ccc2sccc2c1.c1cscn1. The Balaban J connectivity index is 0.000000162.